The molecule has 0 saturated carbocycles. The zero-order valence-electron chi connectivity index (χ0n) is 10.9. The number of hydrogen-bond acceptors (Lipinski definition) is 4. The number of nitrogens with zero attached hydrogens (tertiary/aromatic N) is 1. The third kappa shape index (κ3) is 3.14. The van der Waals surface area contributed by atoms with Gasteiger partial charge < -0.3 is 4.74 Å². The Kier molecular flexibility index (Phi) is 4.68. The number of esters is 1. The molecule has 0 aromatic rings. The maximum absolute atomic E-state index is 11.6. The molecule has 2 atom stereocenters. The van der Waals surface area contributed by atoms with Gasteiger partial charge in [-0.25, -0.2) is 0 Å². The molecule has 1 aliphatic heterocycles. The van der Waals surface area contributed by atoms with Crippen molar-refractivity contribution < 1.29 is 9.53 Å². The van der Waals surface area contributed by atoms with Crippen molar-refractivity contribution >= 4 is 17.7 Å². The SMILES string of the molecule is COC(=O)C(C)(C)CN1CCSC(C)C1C. The van der Waals surface area contributed by atoms with Gasteiger partial charge in [-0.1, -0.05) is 6.92 Å². The lowest BCUT2D eigenvalue weighted by atomic mass is 9.92. The van der Waals surface area contributed by atoms with Gasteiger partial charge in [0.2, 0.25) is 0 Å². The lowest BCUT2D eigenvalue weighted by Crippen LogP contribution is -2.50. The lowest BCUT2D eigenvalue weighted by Gasteiger charge is -2.40. The Bertz CT molecular complexity index is 255. The van der Waals surface area contributed by atoms with Crippen LogP contribution in [0, 0.1) is 5.41 Å². The second-order valence-electron chi connectivity index (χ2n) is 5.16. The first-order valence-corrected chi connectivity index (χ1v) is 6.87. The van der Waals surface area contributed by atoms with Crippen LogP contribution in [0.3, 0.4) is 0 Å². The van der Waals surface area contributed by atoms with E-state index in [0.29, 0.717) is 11.3 Å². The molecular formula is C12H23NO2S. The lowest BCUT2D eigenvalue weighted by molar-refractivity contribution is -0.152. The van der Waals surface area contributed by atoms with E-state index in [1.54, 1.807) is 0 Å². The molecule has 0 aromatic heterocycles. The van der Waals surface area contributed by atoms with Crippen molar-refractivity contribution in [3.8, 4) is 0 Å². The Hall–Kier alpha value is -0.220. The Morgan fingerprint density at radius 3 is 2.69 bits per heavy atom. The van der Waals surface area contributed by atoms with E-state index in [-0.39, 0.29) is 5.97 Å². The summed E-state index contributed by atoms with van der Waals surface area (Å²) >= 11 is 2.01. The summed E-state index contributed by atoms with van der Waals surface area (Å²) in [5.41, 5.74) is -0.412. The summed E-state index contributed by atoms with van der Waals surface area (Å²) in [5, 5.41) is 0.641. The molecule has 0 spiro atoms. The third-order valence-electron chi connectivity index (χ3n) is 3.35. The average molecular weight is 245 g/mol. The molecule has 3 nitrogen and oxygen atoms in total. The van der Waals surface area contributed by atoms with E-state index < -0.39 is 5.41 Å². The van der Waals surface area contributed by atoms with E-state index in [1.807, 2.05) is 25.6 Å². The van der Waals surface area contributed by atoms with Gasteiger partial charge >= 0.3 is 5.97 Å². The molecule has 2 unspecified atom stereocenters. The molecular weight excluding hydrogens is 222 g/mol. The van der Waals surface area contributed by atoms with Crippen LogP contribution in [0.5, 0.6) is 0 Å². The van der Waals surface area contributed by atoms with Crippen LogP contribution in [-0.2, 0) is 9.53 Å². The number of carbonyl (C=O) groups excluding carboxylic acids is 1. The summed E-state index contributed by atoms with van der Waals surface area (Å²) in [7, 11) is 1.46. The highest BCUT2D eigenvalue weighted by Gasteiger charge is 2.35. The van der Waals surface area contributed by atoms with Gasteiger partial charge in [-0.2, -0.15) is 11.8 Å². The molecule has 0 aliphatic carbocycles. The molecule has 94 valence electrons. The molecule has 0 amide bonds. The predicted molar refractivity (Wildman–Crippen MR) is 68.8 cm³/mol. The highest BCUT2D eigenvalue weighted by atomic mass is 32.2. The van der Waals surface area contributed by atoms with Gasteiger partial charge in [0.05, 0.1) is 12.5 Å². The Morgan fingerprint density at radius 2 is 2.12 bits per heavy atom. The van der Waals surface area contributed by atoms with Crippen molar-refractivity contribution in [1.82, 2.24) is 4.90 Å². The van der Waals surface area contributed by atoms with E-state index in [4.69, 9.17) is 4.74 Å². The minimum atomic E-state index is -0.412. The molecule has 1 heterocycles. The van der Waals surface area contributed by atoms with Crippen LogP contribution in [-0.4, -0.2) is 48.1 Å². The van der Waals surface area contributed by atoms with Gasteiger partial charge in [-0.3, -0.25) is 9.69 Å². The van der Waals surface area contributed by atoms with E-state index in [1.165, 1.54) is 7.11 Å². The van der Waals surface area contributed by atoms with Gasteiger partial charge in [0.1, 0.15) is 0 Å². The number of hydrogen-bond donors (Lipinski definition) is 0. The molecule has 1 fully saturated rings. The van der Waals surface area contributed by atoms with Crippen LogP contribution in [0.1, 0.15) is 27.7 Å². The zero-order valence-corrected chi connectivity index (χ0v) is 11.8. The zero-order chi connectivity index (χ0) is 12.3. The van der Waals surface area contributed by atoms with Crippen molar-refractivity contribution in [3.63, 3.8) is 0 Å². The molecule has 1 aliphatic rings. The molecule has 0 radical (unpaired) electrons. The normalized spacial score (nSPS) is 27.8. The molecule has 0 bridgehead atoms. The van der Waals surface area contributed by atoms with Crippen molar-refractivity contribution in [2.75, 3.05) is 26.0 Å². The second-order valence-corrected chi connectivity index (χ2v) is 6.65. The van der Waals surface area contributed by atoms with E-state index in [2.05, 4.69) is 18.7 Å². The molecule has 0 N–H and O–H groups in total. The minimum absolute atomic E-state index is 0.120. The van der Waals surface area contributed by atoms with E-state index >= 15 is 0 Å². The maximum Gasteiger partial charge on any atom is 0.312 e. The number of methoxy groups -OCH3 is 1. The van der Waals surface area contributed by atoms with E-state index in [9.17, 15) is 4.79 Å². The van der Waals surface area contributed by atoms with Crippen LogP contribution in [0.2, 0.25) is 0 Å². The quantitative estimate of drug-likeness (QED) is 0.711. The molecule has 1 saturated heterocycles. The summed E-state index contributed by atoms with van der Waals surface area (Å²) in [6, 6.07) is 0.530. The summed E-state index contributed by atoms with van der Waals surface area (Å²) in [4.78, 5) is 14.0. The monoisotopic (exact) mass is 245 g/mol. The predicted octanol–water partition coefficient (Wildman–Crippen LogP) is 2.01. The second kappa shape index (κ2) is 5.41. The smallest absolute Gasteiger partial charge is 0.312 e. The van der Waals surface area contributed by atoms with Crippen LogP contribution < -0.4 is 0 Å². The Labute approximate surface area is 103 Å². The fourth-order valence-corrected chi connectivity index (χ4v) is 3.23. The van der Waals surface area contributed by atoms with E-state index in [0.717, 1.165) is 18.8 Å². The van der Waals surface area contributed by atoms with Crippen LogP contribution in [0.4, 0.5) is 0 Å². The molecule has 1 rings (SSSR count). The van der Waals surface area contributed by atoms with Crippen LogP contribution >= 0.6 is 11.8 Å². The van der Waals surface area contributed by atoms with Crippen molar-refractivity contribution in [2.24, 2.45) is 5.41 Å². The topological polar surface area (TPSA) is 29.5 Å². The first kappa shape index (κ1) is 13.8. The summed E-state index contributed by atoms with van der Waals surface area (Å²) < 4.78 is 4.85. The first-order valence-electron chi connectivity index (χ1n) is 5.82. The van der Waals surface area contributed by atoms with Crippen molar-refractivity contribution in [3.05, 3.63) is 0 Å². The molecule has 4 heteroatoms. The Balaban J connectivity index is 2.62. The molecule has 0 aromatic carbocycles. The van der Waals surface area contributed by atoms with Gasteiger partial charge in [0, 0.05) is 30.1 Å². The highest BCUT2D eigenvalue weighted by molar-refractivity contribution is 8.00. The summed E-state index contributed by atoms with van der Waals surface area (Å²) in [6.45, 7) is 10.3. The minimum Gasteiger partial charge on any atom is -0.469 e. The standard InChI is InChI=1S/C12H23NO2S/c1-9-10(2)16-7-6-13(9)8-12(3,4)11(14)15-5/h9-10H,6-8H2,1-5H3. The number of rotatable bonds is 3. The van der Waals surface area contributed by atoms with Crippen LogP contribution in [0.15, 0.2) is 0 Å². The average Bonchev–Trinajstić information content (AvgIpc) is 2.23. The van der Waals surface area contributed by atoms with Gasteiger partial charge in [-0.15, -0.1) is 0 Å². The molecule has 16 heavy (non-hydrogen) atoms. The number of thioether (sulfide) groups is 1. The first-order chi connectivity index (χ1) is 7.38. The summed E-state index contributed by atoms with van der Waals surface area (Å²) in [5.74, 6) is 1.04. The van der Waals surface area contributed by atoms with Crippen LogP contribution in [0.25, 0.3) is 0 Å². The highest BCUT2D eigenvalue weighted by Crippen LogP contribution is 2.28. The Morgan fingerprint density at radius 1 is 1.50 bits per heavy atom. The van der Waals surface area contributed by atoms with Gasteiger partial charge in [0.25, 0.3) is 0 Å². The number of carbonyl (C=O) groups is 1. The van der Waals surface area contributed by atoms with Crippen molar-refractivity contribution in [1.29, 1.82) is 0 Å². The third-order valence-corrected chi connectivity index (χ3v) is 4.69. The summed E-state index contributed by atoms with van der Waals surface area (Å²) in [6.07, 6.45) is 0. The number of ether oxygens (including phenoxy) is 1. The van der Waals surface area contributed by atoms with Crippen molar-refractivity contribution in [2.45, 2.75) is 39.0 Å². The fraction of sp³-hybridized carbons (Fsp3) is 0.917. The largest absolute Gasteiger partial charge is 0.469 e. The van der Waals surface area contributed by atoms with Gasteiger partial charge in [-0.05, 0) is 20.8 Å². The fourth-order valence-electron chi connectivity index (χ4n) is 2.07. The van der Waals surface area contributed by atoms with Gasteiger partial charge in [0.15, 0.2) is 0 Å². The maximum atomic E-state index is 11.6.